The molecule has 0 bridgehead atoms. The Balaban J connectivity index is 1.66. The van der Waals surface area contributed by atoms with Crippen LogP contribution in [0.25, 0.3) is 0 Å². The Labute approximate surface area is 127 Å². The van der Waals surface area contributed by atoms with E-state index in [-0.39, 0.29) is 5.69 Å². The normalized spacial score (nSPS) is 14.3. The summed E-state index contributed by atoms with van der Waals surface area (Å²) in [6, 6.07) is 4.36. The van der Waals surface area contributed by atoms with Crippen LogP contribution in [-0.4, -0.2) is 26.3 Å². The lowest BCUT2D eigenvalue weighted by molar-refractivity contribution is 0.642. The fourth-order valence-electron chi connectivity index (χ4n) is 2.12. The van der Waals surface area contributed by atoms with E-state index in [0.717, 1.165) is 42.3 Å². The summed E-state index contributed by atoms with van der Waals surface area (Å²) >= 11 is 1.55. The topological polar surface area (TPSA) is 75.6 Å². The molecule has 0 atom stereocenters. The second kappa shape index (κ2) is 6.34. The van der Waals surface area contributed by atoms with Gasteiger partial charge in [-0.05, 0) is 31.4 Å². The van der Waals surface area contributed by atoms with Crippen molar-refractivity contribution in [3.8, 4) is 0 Å². The number of rotatable bonds is 7. The van der Waals surface area contributed by atoms with Crippen LogP contribution in [0.4, 0.5) is 5.69 Å². The van der Waals surface area contributed by atoms with E-state index >= 15 is 0 Å². The van der Waals surface area contributed by atoms with E-state index in [1.807, 2.05) is 12.3 Å². The summed E-state index contributed by atoms with van der Waals surface area (Å²) in [4.78, 5) is 16.1. The van der Waals surface area contributed by atoms with Crippen LogP contribution < -0.4 is 11.0 Å². The van der Waals surface area contributed by atoms with E-state index in [2.05, 4.69) is 33.5 Å². The molecule has 0 aliphatic heterocycles. The minimum Gasteiger partial charge on any atom is -0.385 e. The third kappa shape index (κ3) is 3.47. The van der Waals surface area contributed by atoms with Gasteiger partial charge in [0.05, 0.1) is 5.69 Å². The Hall–Kier alpha value is -1.76. The Bertz CT molecular complexity index is 661. The highest BCUT2D eigenvalue weighted by Gasteiger charge is 2.28. The molecule has 1 fully saturated rings. The van der Waals surface area contributed by atoms with Crippen molar-refractivity contribution in [1.29, 1.82) is 0 Å². The van der Waals surface area contributed by atoms with Crippen molar-refractivity contribution in [2.75, 3.05) is 11.9 Å². The molecule has 1 aliphatic carbocycles. The van der Waals surface area contributed by atoms with E-state index in [4.69, 9.17) is 0 Å². The van der Waals surface area contributed by atoms with Gasteiger partial charge in [-0.1, -0.05) is 18.7 Å². The quantitative estimate of drug-likeness (QED) is 0.768. The van der Waals surface area contributed by atoms with Crippen LogP contribution in [0, 0.1) is 0 Å². The zero-order valence-corrected chi connectivity index (χ0v) is 12.8. The van der Waals surface area contributed by atoms with E-state index in [9.17, 15) is 4.79 Å². The van der Waals surface area contributed by atoms with Crippen LogP contribution in [0.2, 0.25) is 0 Å². The van der Waals surface area contributed by atoms with Gasteiger partial charge in [0.2, 0.25) is 0 Å². The van der Waals surface area contributed by atoms with Crippen LogP contribution in [0.5, 0.6) is 0 Å². The number of thioether (sulfide) groups is 1. The van der Waals surface area contributed by atoms with Crippen molar-refractivity contribution in [2.24, 2.45) is 0 Å². The van der Waals surface area contributed by atoms with Crippen LogP contribution in [0.15, 0.2) is 28.3 Å². The second-order valence-corrected chi connectivity index (χ2v) is 6.11. The Kier molecular flexibility index (Phi) is 4.28. The minimum atomic E-state index is -0.105. The predicted molar refractivity (Wildman–Crippen MR) is 83.7 cm³/mol. The third-order valence-corrected chi connectivity index (χ3v) is 4.32. The largest absolute Gasteiger partial charge is 0.385 e. The van der Waals surface area contributed by atoms with E-state index < -0.39 is 0 Å². The van der Waals surface area contributed by atoms with Crippen molar-refractivity contribution < 1.29 is 0 Å². The van der Waals surface area contributed by atoms with Gasteiger partial charge in [-0.15, -0.1) is 5.10 Å². The predicted octanol–water partition coefficient (Wildman–Crippen LogP) is 2.42. The molecule has 2 heterocycles. The summed E-state index contributed by atoms with van der Waals surface area (Å²) in [7, 11) is 0. The number of aromatic nitrogens is 4. The number of nitrogens with one attached hydrogen (secondary N) is 2. The van der Waals surface area contributed by atoms with Gasteiger partial charge in [0, 0.05) is 30.2 Å². The van der Waals surface area contributed by atoms with Gasteiger partial charge in [-0.3, -0.25) is 9.55 Å². The van der Waals surface area contributed by atoms with Crippen LogP contribution in [0.1, 0.15) is 37.9 Å². The molecule has 0 unspecified atom stereocenters. The maximum Gasteiger partial charge on any atom is 0.344 e. The fourth-order valence-corrected chi connectivity index (χ4v) is 3.04. The molecule has 0 saturated heterocycles. The average Bonchev–Trinajstić information content (AvgIpc) is 3.27. The van der Waals surface area contributed by atoms with Crippen molar-refractivity contribution in [3.63, 3.8) is 0 Å². The van der Waals surface area contributed by atoms with E-state index in [1.165, 1.54) is 0 Å². The molecule has 3 rings (SSSR count). The number of hydrogen-bond acceptors (Lipinski definition) is 5. The summed E-state index contributed by atoms with van der Waals surface area (Å²) in [5.74, 6) is 0.707. The first-order valence-corrected chi connectivity index (χ1v) is 8.25. The Morgan fingerprint density at radius 2 is 2.38 bits per heavy atom. The summed E-state index contributed by atoms with van der Waals surface area (Å²) in [6.07, 6.45) is 5.04. The highest BCUT2D eigenvalue weighted by molar-refractivity contribution is 7.98. The molecule has 7 heteroatoms. The van der Waals surface area contributed by atoms with Gasteiger partial charge in [0.25, 0.3) is 0 Å². The molecule has 21 heavy (non-hydrogen) atoms. The summed E-state index contributed by atoms with van der Waals surface area (Å²) in [5.41, 5.74) is 1.97. The average molecular weight is 305 g/mol. The number of nitrogens with zero attached hydrogens (tertiary/aromatic N) is 3. The minimum absolute atomic E-state index is 0.105. The van der Waals surface area contributed by atoms with E-state index in [1.54, 1.807) is 16.3 Å². The van der Waals surface area contributed by atoms with Gasteiger partial charge in [-0.25, -0.2) is 9.89 Å². The van der Waals surface area contributed by atoms with Gasteiger partial charge in [0.15, 0.2) is 5.16 Å². The monoisotopic (exact) mass is 305 g/mol. The molecule has 1 saturated carbocycles. The molecular formula is C14H19N5OS. The summed E-state index contributed by atoms with van der Waals surface area (Å²) < 4.78 is 1.77. The van der Waals surface area contributed by atoms with Crippen molar-refractivity contribution in [3.05, 3.63) is 34.5 Å². The molecule has 0 aromatic carbocycles. The van der Waals surface area contributed by atoms with Crippen molar-refractivity contribution in [2.45, 2.75) is 43.1 Å². The summed E-state index contributed by atoms with van der Waals surface area (Å²) in [5, 5.41) is 10.8. The molecule has 0 radical (unpaired) electrons. The number of pyridine rings is 1. The lowest BCUT2D eigenvalue weighted by atomic mass is 10.3. The number of aromatic amines is 1. The summed E-state index contributed by atoms with van der Waals surface area (Å²) in [6.45, 7) is 3.09. The number of H-pyrrole nitrogens is 1. The molecule has 6 nitrogen and oxygen atoms in total. The molecular weight excluding hydrogens is 286 g/mol. The maximum absolute atomic E-state index is 11.7. The maximum atomic E-state index is 11.7. The van der Waals surface area contributed by atoms with Gasteiger partial charge in [0.1, 0.15) is 0 Å². The highest BCUT2D eigenvalue weighted by atomic mass is 32.2. The molecule has 2 aromatic rings. The molecule has 2 aromatic heterocycles. The number of hydrogen-bond donors (Lipinski definition) is 2. The first-order valence-electron chi connectivity index (χ1n) is 7.26. The van der Waals surface area contributed by atoms with Crippen LogP contribution >= 0.6 is 11.8 Å². The van der Waals surface area contributed by atoms with Crippen LogP contribution in [0.3, 0.4) is 0 Å². The van der Waals surface area contributed by atoms with Crippen LogP contribution in [-0.2, 0) is 5.75 Å². The fraction of sp³-hybridized carbons (Fsp3) is 0.500. The highest BCUT2D eigenvalue weighted by Crippen LogP contribution is 2.36. The smallest absolute Gasteiger partial charge is 0.344 e. The molecule has 112 valence electrons. The SMILES string of the molecule is CCCNc1ccnc(CSc2n[nH]c(=O)n2C2CC2)c1. The second-order valence-electron chi connectivity index (χ2n) is 5.16. The van der Waals surface area contributed by atoms with Crippen molar-refractivity contribution in [1.82, 2.24) is 19.7 Å². The van der Waals surface area contributed by atoms with Gasteiger partial charge < -0.3 is 5.32 Å². The molecule has 2 N–H and O–H groups in total. The Morgan fingerprint density at radius 3 is 3.14 bits per heavy atom. The molecule has 0 amide bonds. The standard InChI is InChI=1S/C14H19N5OS/c1-2-6-15-10-5-7-16-11(8-10)9-21-14-18-17-13(20)19(14)12-3-4-12/h5,7-8,12H,2-4,6,9H2,1H3,(H,15,16)(H,17,20). The van der Waals surface area contributed by atoms with Gasteiger partial charge >= 0.3 is 5.69 Å². The van der Waals surface area contributed by atoms with Gasteiger partial charge in [-0.2, -0.15) is 0 Å². The first kappa shape index (κ1) is 14.2. The zero-order valence-electron chi connectivity index (χ0n) is 12.0. The number of anilines is 1. The molecule has 1 aliphatic rings. The van der Waals surface area contributed by atoms with Crippen molar-refractivity contribution >= 4 is 17.4 Å². The van der Waals surface area contributed by atoms with E-state index in [0.29, 0.717) is 11.8 Å². The third-order valence-electron chi connectivity index (χ3n) is 3.33. The molecule has 0 spiro atoms. The first-order chi connectivity index (χ1) is 10.3. The Morgan fingerprint density at radius 1 is 1.52 bits per heavy atom. The lowest BCUT2D eigenvalue weighted by Gasteiger charge is -2.07. The zero-order chi connectivity index (χ0) is 14.7. The lowest BCUT2D eigenvalue weighted by Crippen LogP contribution is -2.16.